The van der Waals surface area contributed by atoms with E-state index in [4.69, 9.17) is 34.8 Å². The summed E-state index contributed by atoms with van der Waals surface area (Å²) in [4.78, 5) is 57.0. The van der Waals surface area contributed by atoms with Crippen LogP contribution in [-0.2, 0) is 7.05 Å². The molecule has 46 heavy (non-hydrogen) atoms. The van der Waals surface area contributed by atoms with Crippen LogP contribution in [0.1, 0.15) is 30.2 Å². The largest absolute Gasteiger partial charge is 1.00 e. The van der Waals surface area contributed by atoms with Gasteiger partial charge < -0.3 is 20.9 Å². The first-order chi connectivity index (χ1) is 21.5. The summed E-state index contributed by atoms with van der Waals surface area (Å²) in [5.41, 5.74) is 8.72. The van der Waals surface area contributed by atoms with Crippen molar-refractivity contribution in [2.75, 3.05) is 0 Å². The predicted molar refractivity (Wildman–Crippen MR) is 171 cm³/mol. The van der Waals surface area contributed by atoms with Crippen molar-refractivity contribution in [3.63, 3.8) is 0 Å². The molecule has 8 aromatic rings. The Morgan fingerprint density at radius 3 is 1.67 bits per heavy atom. The van der Waals surface area contributed by atoms with Crippen LogP contribution in [0, 0.1) is 34.6 Å². The molecule has 0 saturated heterocycles. The number of aromatic nitrogens is 16. The third-order valence-corrected chi connectivity index (χ3v) is 6.69. The second-order valence-corrected chi connectivity index (χ2v) is 10.4. The first-order valence-electron chi connectivity index (χ1n) is 13.1. The zero-order valence-corrected chi connectivity index (χ0v) is 30.0. The Kier molecular flexibility index (Phi) is 11.5. The van der Waals surface area contributed by atoms with E-state index < -0.39 is 0 Å². The fraction of sp³-hybridized carbons (Fsp3) is 0.231. The van der Waals surface area contributed by atoms with Gasteiger partial charge in [0.1, 0.15) is 33.7 Å². The van der Waals surface area contributed by atoms with Crippen LogP contribution in [0.15, 0.2) is 25.3 Å². The van der Waals surface area contributed by atoms with Gasteiger partial charge >= 0.3 is 29.6 Å². The SMILES string of the molecule is Cc1nc(C)c2[nH]cnc2n1.Cc1nc(C)c2ncn(C)c2n1.Cc1nc(Cl)nc2nc[nH]c12.Clc1nc(Cl)c2[nH]cnc2n1.[H-].[Na+]. The molecule has 0 radical (unpaired) electrons. The van der Waals surface area contributed by atoms with E-state index in [9.17, 15) is 0 Å². The normalized spacial score (nSPS) is 10.5. The number of imidazole rings is 4. The Morgan fingerprint density at radius 2 is 1.04 bits per heavy atom. The van der Waals surface area contributed by atoms with Crippen LogP contribution in [0.2, 0.25) is 15.7 Å². The van der Waals surface area contributed by atoms with Gasteiger partial charge in [-0.2, -0.15) is 9.97 Å². The molecule has 232 valence electrons. The van der Waals surface area contributed by atoms with Crippen molar-refractivity contribution >= 4 is 79.5 Å². The zero-order chi connectivity index (χ0) is 32.2. The number of nitrogens with one attached hydrogen (secondary N) is 3. The molecule has 3 N–H and O–H groups in total. The summed E-state index contributed by atoms with van der Waals surface area (Å²) in [6.07, 6.45) is 6.45. The monoisotopic (exact) mass is 690 g/mol. The van der Waals surface area contributed by atoms with Gasteiger partial charge in [-0.3, -0.25) is 0 Å². The van der Waals surface area contributed by atoms with E-state index in [0.29, 0.717) is 16.8 Å². The molecule has 0 aromatic carbocycles. The Morgan fingerprint density at radius 1 is 0.565 bits per heavy atom. The van der Waals surface area contributed by atoms with Gasteiger partial charge in [-0.1, -0.05) is 11.6 Å². The minimum absolute atomic E-state index is 0. The number of aryl methyl sites for hydroxylation is 6. The minimum atomic E-state index is 0. The second kappa shape index (κ2) is 15.1. The van der Waals surface area contributed by atoms with Gasteiger partial charge in [0, 0.05) is 7.05 Å². The summed E-state index contributed by atoms with van der Waals surface area (Å²) >= 11 is 16.8. The van der Waals surface area contributed by atoms with Crippen molar-refractivity contribution in [2.24, 2.45) is 7.05 Å². The molecule has 16 nitrogen and oxygen atoms in total. The molecule has 0 aliphatic carbocycles. The molecule has 0 aliphatic heterocycles. The number of H-pyrrole nitrogens is 3. The number of fused-ring (bicyclic) bond motifs is 4. The summed E-state index contributed by atoms with van der Waals surface area (Å²) in [5, 5.41) is 0.634. The van der Waals surface area contributed by atoms with Gasteiger partial charge in [-0.25, -0.2) is 49.8 Å². The summed E-state index contributed by atoms with van der Waals surface area (Å²) < 4.78 is 1.90. The van der Waals surface area contributed by atoms with Gasteiger partial charge in [0.25, 0.3) is 0 Å². The third-order valence-electron chi connectivity index (χ3n) is 6.08. The third kappa shape index (κ3) is 8.07. The smallest absolute Gasteiger partial charge is 1.00 e. The Balaban J connectivity index is 0.000000168. The molecule has 20 heteroatoms. The molecule has 0 amide bonds. The van der Waals surface area contributed by atoms with Gasteiger partial charge in [0.15, 0.2) is 27.7 Å². The number of hydrogen-bond donors (Lipinski definition) is 3. The van der Waals surface area contributed by atoms with E-state index in [0.717, 1.165) is 56.6 Å². The Hall–Kier alpha value is -3.93. The van der Waals surface area contributed by atoms with E-state index in [1.165, 1.54) is 6.33 Å². The second-order valence-electron chi connectivity index (χ2n) is 9.41. The van der Waals surface area contributed by atoms with Crippen LogP contribution in [0.25, 0.3) is 44.7 Å². The Bertz CT molecular complexity index is 2080. The van der Waals surface area contributed by atoms with E-state index in [1.807, 2.05) is 46.2 Å². The maximum Gasteiger partial charge on any atom is 1.00 e. The molecule has 0 saturated carbocycles. The van der Waals surface area contributed by atoms with E-state index >= 15 is 0 Å². The molecular weight excluding hydrogens is 666 g/mol. The standard InChI is InChI=1S/C8H10N4.C7H8N4.C6H5ClN4.C5H2Cl2N4.Na.H/c1-5-7-8(11-6(2)10-5)12(3)4-9-7;1-4-6-7(9-3-8-6)11-5(2)10-4;1-3-4-5(9-2-8-4)11-6(7)10-3;6-3-2-4(9-1-8-2)11-5(7)10-3;;/h4H,1-3H3;3H,1-2H3,(H,8,9,10,11);2H,1H3,(H,8,9,10,11);1H,(H,8,9,10,11);;/q;;;;+1;-1. The van der Waals surface area contributed by atoms with Gasteiger partial charge in [-0.05, 0) is 57.8 Å². The van der Waals surface area contributed by atoms with Crippen LogP contribution >= 0.6 is 34.8 Å². The van der Waals surface area contributed by atoms with Gasteiger partial charge in [0.2, 0.25) is 10.6 Å². The van der Waals surface area contributed by atoms with Crippen LogP contribution in [0.5, 0.6) is 0 Å². The average molecular weight is 692 g/mol. The van der Waals surface area contributed by atoms with Crippen LogP contribution in [0.3, 0.4) is 0 Å². The fourth-order valence-corrected chi connectivity index (χ4v) is 4.75. The molecular formula is C26H26Cl3N16Na. The molecule has 0 atom stereocenters. The van der Waals surface area contributed by atoms with Crippen LogP contribution in [-0.4, -0.2) is 79.3 Å². The van der Waals surface area contributed by atoms with Crippen molar-refractivity contribution in [1.29, 1.82) is 0 Å². The maximum absolute atomic E-state index is 5.70. The van der Waals surface area contributed by atoms with E-state index in [1.54, 1.807) is 19.0 Å². The van der Waals surface area contributed by atoms with Crippen molar-refractivity contribution in [3.8, 4) is 0 Å². The first-order valence-corrected chi connectivity index (χ1v) is 14.3. The number of nitrogens with zero attached hydrogens (tertiary/aromatic N) is 13. The number of aromatic amines is 3. The minimum Gasteiger partial charge on any atom is -1.00 e. The topological polar surface area (TPSA) is 207 Å². The summed E-state index contributed by atoms with van der Waals surface area (Å²) in [7, 11) is 1.93. The molecule has 8 heterocycles. The number of hydrogen-bond acceptors (Lipinski definition) is 12. The van der Waals surface area contributed by atoms with Crippen molar-refractivity contribution in [2.45, 2.75) is 34.6 Å². The maximum atomic E-state index is 5.70. The fourth-order valence-electron chi connectivity index (χ4n) is 4.12. The molecule has 0 aliphatic rings. The molecule has 0 unspecified atom stereocenters. The Labute approximate surface area is 299 Å². The van der Waals surface area contributed by atoms with E-state index in [2.05, 4.69) is 74.8 Å². The van der Waals surface area contributed by atoms with Gasteiger partial charge in [0.05, 0.1) is 42.4 Å². The van der Waals surface area contributed by atoms with Crippen LogP contribution < -0.4 is 29.6 Å². The summed E-state index contributed by atoms with van der Waals surface area (Å²) in [5.74, 6) is 1.56. The molecule has 8 aromatic heterocycles. The average Bonchev–Trinajstić information content (AvgIpc) is 3.77. The van der Waals surface area contributed by atoms with Crippen molar-refractivity contribution in [3.05, 3.63) is 69.8 Å². The quantitative estimate of drug-likeness (QED) is 0.119. The predicted octanol–water partition coefficient (Wildman–Crippen LogP) is 2.04. The van der Waals surface area contributed by atoms with Crippen molar-refractivity contribution in [1.82, 2.24) is 79.3 Å². The van der Waals surface area contributed by atoms with E-state index in [-0.39, 0.29) is 46.7 Å². The molecule has 8 rings (SSSR count). The first kappa shape index (κ1) is 34.9. The van der Waals surface area contributed by atoms with Crippen molar-refractivity contribution < 1.29 is 31.0 Å². The molecule has 0 spiro atoms. The van der Waals surface area contributed by atoms with Gasteiger partial charge in [-0.15, -0.1) is 0 Å². The number of rotatable bonds is 0. The zero-order valence-electron chi connectivity index (χ0n) is 26.8. The van der Waals surface area contributed by atoms with Crippen LogP contribution in [0.4, 0.5) is 0 Å². The summed E-state index contributed by atoms with van der Waals surface area (Å²) in [6.45, 7) is 9.49. The summed E-state index contributed by atoms with van der Waals surface area (Å²) in [6, 6.07) is 0. The molecule has 0 fully saturated rings. The molecule has 0 bridgehead atoms. The number of halogens is 3.